The molecule has 0 unspecified atom stereocenters. The van der Waals surface area contributed by atoms with Crippen LogP contribution in [-0.4, -0.2) is 32.8 Å². The number of hydrogen-bond donors (Lipinski definition) is 1. The first-order chi connectivity index (χ1) is 11.0. The summed E-state index contributed by atoms with van der Waals surface area (Å²) < 4.78 is 40.3. The zero-order valence-corrected chi connectivity index (χ0v) is 13.2. The summed E-state index contributed by atoms with van der Waals surface area (Å²) in [6.07, 6.45) is -0.579. The summed E-state index contributed by atoms with van der Waals surface area (Å²) in [6, 6.07) is 11.1. The quantitative estimate of drug-likeness (QED) is 0.863. The van der Waals surface area contributed by atoms with Gasteiger partial charge in [-0.25, -0.2) is 0 Å². The third-order valence-corrected chi connectivity index (χ3v) is 4.68. The summed E-state index contributed by atoms with van der Waals surface area (Å²) in [7, 11) is -3.85. The number of phenolic OH excluding ortho intramolecular Hbond substituents is 1. The summed E-state index contributed by atoms with van der Waals surface area (Å²) in [5.41, 5.74) is 0.962. The molecule has 1 aliphatic rings. The van der Waals surface area contributed by atoms with E-state index in [0.29, 0.717) is 5.75 Å². The first kappa shape index (κ1) is 15.6. The number of hydrogen-bond acceptors (Lipinski definition) is 6. The van der Waals surface area contributed by atoms with E-state index in [1.807, 2.05) is 6.92 Å². The fraction of sp³-hybridized carbons (Fsp3) is 0.250. The van der Waals surface area contributed by atoms with Crippen LogP contribution in [0.3, 0.4) is 0 Å². The van der Waals surface area contributed by atoms with E-state index in [1.165, 1.54) is 18.2 Å². The highest BCUT2D eigenvalue weighted by Crippen LogP contribution is 2.39. The van der Waals surface area contributed by atoms with Crippen molar-refractivity contribution in [3.63, 3.8) is 0 Å². The Bertz CT molecular complexity index is 798. The molecule has 1 aliphatic heterocycles. The normalized spacial score (nSPS) is 17.0. The summed E-state index contributed by atoms with van der Waals surface area (Å²) in [4.78, 5) is 0.0953. The molecule has 0 bridgehead atoms. The topological polar surface area (TPSA) is 82.1 Å². The zero-order chi connectivity index (χ0) is 16.4. The molecule has 0 amide bonds. The SMILES string of the molecule is Cc1ccc(S(=O)(=O)OC[C@H]2COc3c(O)cccc3O2)cc1. The number of benzene rings is 2. The molecule has 0 radical (unpaired) electrons. The van der Waals surface area contributed by atoms with Crippen LogP contribution in [0.1, 0.15) is 5.56 Å². The Kier molecular flexibility index (Phi) is 4.14. The minimum Gasteiger partial charge on any atom is -0.504 e. The number of aryl methyl sites for hydroxylation is 1. The van der Waals surface area contributed by atoms with Crippen LogP contribution in [0, 0.1) is 6.92 Å². The van der Waals surface area contributed by atoms with Gasteiger partial charge in [0.05, 0.1) is 4.90 Å². The van der Waals surface area contributed by atoms with Crippen LogP contribution in [0.2, 0.25) is 0 Å². The molecule has 0 saturated carbocycles. The Labute approximate surface area is 134 Å². The smallest absolute Gasteiger partial charge is 0.297 e. The van der Waals surface area contributed by atoms with Crippen molar-refractivity contribution in [2.45, 2.75) is 17.9 Å². The lowest BCUT2D eigenvalue weighted by Crippen LogP contribution is -2.34. The van der Waals surface area contributed by atoms with Crippen LogP contribution >= 0.6 is 0 Å². The van der Waals surface area contributed by atoms with Crippen molar-refractivity contribution < 1.29 is 27.2 Å². The van der Waals surface area contributed by atoms with Gasteiger partial charge in [0.1, 0.15) is 13.2 Å². The van der Waals surface area contributed by atoms with Gasteiger partial charge in [0.2, 0.25) is 5.75 Å². The molecule has 122 valence electrons. The monoisotopic (exact) mass is 336 g/mol. The summed E-state index contributed by atoms with van der Waals surface area (Å²) >= 11 is 0. The predicted octanol–water partition coefficient (Wildman–Crippen LogP) is 2.25. The van der Waals surface area contributed by atoms with Gasteiger partial charge in [-0.15, -0.1) is 0 Å². The molecule has 2 aromatic carbocycles. The summed E-state index contributed by atoms with van der Waals surface area (Å²) in [5, 5.41) is 9.64. The van der Waals surface area contributed by atoms with Crippen molar-refractivity contribution in [3.05, 3.63) is 48.0 Å². The van der Waals surface area contributed by atoms with Crippen LogP contribution in [0.25, 0.3) is 0 Å². The number of rotatable bonds is 4. The fourth-order valence-corrected chi connectivity index (χ4v) is 3.09. The lowest BCUT2D eigenvalue weighted by Gasteiger charge is -2.26. The summed E-state index contributed by atoms with van der Waals surface area (Å²) in [5.74, 6) is 0.594. The zero-order valence-electron chi connectivity index (χ0n) is 12.4. The second kappa shape index (κ2) is 6.10. The molecule has 1 atom stereocenters. The van der Waals surface area contributed by atoms with Crippen molar-refractivity contribution in [2.75, 3.05) is 13.2 Å². The van der Waals surface area contributed by atoms with E-state index in [9.17, 15) is 13.5 Å². The highest BCUT2D eigenvalue weighted by molar-refractivity contribution is 7.86. The predicted molar refractivity (Wildman–Crippen MR) is 82.3 cm³/mol. The van der Waals surface area contributed by atoms with Crippen LogP contribution in [-0.2, 0) is 14.3 Å². The van der Waals surface area contributed by atoms with Crippen molar-refractivity contribution in [2.24, 2.45) is 0 Å². The standard InChI is InChI=1S/C16H16O6S/c1-11-5-7-13(8-6-11)23(18,19)21-10-12-9-20-16-14(17)3-2-4-15(16)22-12/h2-8,12,17H,9-10H2,1H3/t12-/m1/s1. The van der Waals surface area contributed by atoms with Crippen LogP contribution in [0.15, 0.2) is 47.4 Å². The molecule has 6 nitrogen and oxygen atoms in total. The third-order valence-electron chi connectivity index (χ3n) is 3.38. The van der Waals surface area contributed by atoms with Crippen molar-refractivity contribution >= 4 is 10.1 Å². The van der Waals surface area contributed by atoms with E-state index >= 15 is 0 Å². The average Bonchev–Trinajstić information content (AvgIpc) is 2.54. The maximum absolute atomic E-state index is 12.1. The highest BCUT2D eigenvalue weighted by atomic mass is 32.2. The molecule has 1 N–H and O–H groups in total. The van der Waals surface area contributed by atoms with E-state index in [4.69, 9.17) is 13.7 Å². The van der Waals surface area contributed by atoms with Crippen LogP contribution < -0.4 is 9.47 Å². The first-order valence-electron chi connectivity index (χ1n) is 7.03. The number of fused-ring (bicyclic) bond motifs is 1. The molecule has 1 heterocycles. The van der Waals surface area contributed by atoms with Gasteiger partial charge in [0.25, 0.3) is 10.1 Å². The molecule has 23 heavy (non-hydrogen) atoms. The molecule has 7 heteroatoms. The first-order valence-corrected chi connectivity index (χ1v) is 8.44. The number of phenols is 1. The molecule has 0 spiro atoms. The van der Waals surface area contributed by atoms with Gasteiger partial charge in [-0.2, -0.15) is 8.42 Å². The lowest BCUT2D eigenvalue weighted by atomic mass is 10.2. The summed E-state index contributed by atoms with van der Waals surface area (Å²) in [6.45, 7) is 1.79. The third kappa shape index (κ3) is 3.40. The highest BCUT2D eigenvalue weighted by Gasteiger charge is 2.26. The van der Waals surface area contributed by atoms with Crippen molar-refractivity contribution in [3.8, 4) is 17.2 Å². The molecular formula is C16H16O6S. The molecule has 0 aliphatic carbocycles. The van der Waals surface area contributed by atoms with E-state index in [2.05, 4.69) is 0 Å². The fourth-order valence-electron chi connectivity index (χ4n) is 2.15. The Morgan fingerprint density at radius 1 is 1.22 bits per heavy atom. The number of ether oxygens (including phenoxy) is 2. The average molecular weight is 336 g/mol. The molecule has 2 aromatic rings. The van der Waals surface area contributed by atoms with Gasteiger partial charge in [0.15, 0.2) is 17.6 Å². The number of aromatic hydroxyl groups is 1. The van der Waals surface area contributed by atoms with Crippen molar-refractivity contribution in [1.29, 1.82) is 0 Å². The molecule has 3 rings (SSSR count). The Balaban J connectivity index is 1.66. The van der Waals surface area contributed by atoms with E-state index < -0.39 is 16.2 Å². The molecule has 0 saturated heterocycles. The molecule has 0 fully saturated rings. The number of para-hydroxylation sites is 1. The Hall–Kier alpha value is -2.25. The van der Waals surface area contributed by atoms with E-state index in [1.54, 1.807) is 24.3 Å². The van der Waals surface area contributed by atoms with Gasteiger partial charge >= 0.3 is 0 Å². The van der Waals surface area contributed by atoms with E-state index in [-0.39, 0.29) is 29.6 Å². The van der Waals surface area contributed by atoms with Gasteiger partial charge < -0.3 is 14.6 Å². The maximum Gasteiger partial charge on any atom is 0.297 e. The van der Waals surface area contributed by atoms with Crippen LogP contribution in [0.5, 0.6) is 17.2 Å². The Morgan fingerprint density at radius 3 is 2.70 bits per heavy atom. The van der Waals surface area contributed by atoms with Gasteiger partial charge in [-0.1, -0.05) is 23.8 Å². The lowest BCUT2D eigenvalue weighted by molar-refractivity contribution is 0.0534. The van der Waals surface area contributed by atoms with Gasteiger partial charge in [-0.3, -0.25) is 4.18 Å². The minimum absolute atomic E-state index is 0.0193. The Morgan fingerprint density at radius 2 is 1.96 bits per heavy atom. The largest absolute Gasteiger partial charge is 0.504 e. The van der Waals surface area contributed by atoms with E-state index in [0.717, 1.165) is 5.56 Å². The molecule has 0 aromatic heterocycles. The van der Waals surface area contributed by atoms with Crippen molar-refractivity contribution in [1.82, 2.24) is 0 Å². The minimum atomic E-state index is -3.85. The second-order valence-electron chi connectivity index (χ2n) is 5.21. The maximum atomic E-state index is 12.1. The molecular weight excluding hydrogens is 320 g/mol. The van der Waals surface area contributed by atoms with Crippen LogP contribution in [0.4, 0.5) is 0 Å². The van der Waals surface area contributed by atoms with Gasteiger partial charge in [-0.05, 0) is 31.2 Å². The second-order valence-corrected chi connectivity index (χ2v) is 6.82. The van der Waals surface area contributed by atoms with Gasteiger partial charge in [0, 0.05) is 0 Å².